The van der Waals surface area contributed by atoms with Crippen molar-refractivity contribution < 1.29 is 9.36 Å². The molecule has 0 radical (unpaired) electrons. The van der Waals surface area contributed by atoms with Crippen molar-refractivity contribution in [2.24, 2.45) is 0 Å². The maximum atomic E-state index is 12.0. The van der Waals surface area contributed by atoms with E-state index in [0.717, 1.165) is 0 Å². The maximum absolute atomic E-state index is 12.0. The molecule has 4 heteroatoms. The molecule has 0 fully saturated rings. The lowest BCUT2D eigenvalue weighted by Gasteiger charge is -1.99. The topological polar surface area (TPSA) is 33.8 Å². The summed E-state index contributed by atoms with van der Waals surface area (Å²) in [5, 5.41) is 0.358. The van der Waals surface area contributed by atoms with E-state index in [2.05, 4.69) is 11.6 Å². The number of hydrogen-bond donors (Lipinski definition) is 0. The van der Waals surface area contributed by atoms with Gasteiger partial charge in [0.1, 0.15) is 5.69 Å². The van der Waals surface area contributed by atoms with E-state index in [1.807, 2.05) is 18.2 Å². The Morgan fingerprint density at radius 1 is 1.33 bits per heavy atom. The standard InChI is InChI=1S/C14H12ClN2O/c1-11(15)13-9-17(8-7-16-13)10-14(18)12-5-3-2-4-6-12/h2-9H,1,10H2/q+1. The van der Waals surface area contributed by atoms with Gasteiger partial charge in [-0.05, 0) is 0 Å². The number of halogens is 1. The monoisotopic (exact) mass is 259 g/mol. The Morgan fingerprint density at radius 2 is 2.06 bits per heavy atom. The molecule has 0 unspecified atom stereocenters. The van der Waals surface area contributed by atoms with Crippen molar-refractivity contribution in [3.05, 3.63) is 66.8 Å². The lowest BCUT2D eigenvalue weighted by atomic mass is 10.1. The van der Waals surface area contributed by atoms with Gasteiger partial charge in [-0.1, -0.05) is 48.5 Å². The molecule has 90 valence electrons. The number of carbonyl (C=O) groups is 1. The van der Waals surface area contributed by atoms with Gasteiger partial charge in [0.05, 0.1) is 11.2 Å². The van der Waals surface area contributed by atoms with Gasteiger partial charge in [0.15, 0.2) is 12.4 Å². The van der Waals surface area contributed by atoms with Gasteiger partial charge in [0, 0.05) is 5.56 Å². The molecule has 1 aromatic carbocycles. The molecule has 0 aliphatic rings. The summed E-state index contributed by atoms with van der Waals surface area (Å²) in [6, 6.07) is 9.16. The Hall–Kier alpha value is -2.00. The van der Waals surface area contributed by atoms with E-state index in [9.17, 15) is 4.79 Å². The molecule has 2 aromatic rings. The molecule has 0 spiro atoms. The van der Waals surface area contributed by atoms with E-state index >= 15 is 0 Å². The first-order valence-corrected chi connectivity index (χ1v) is 5.83. The van der Waals surface area contributed by atoms with Gasteiger partial charge < -0.3 is 0 Å². The molecule has 2 rings (SSSR count). The average molecular weight is 260 g/mol. The third kappa shape index (κ3) is 3.02. The van der Waals surface area contributed by atoms with Crippen LogP contribution in [0.4, 0.5) is 0 Å². The Morgan fingerprint density at radius 3 is 2.72 bits per heavy atom. The zero-order valence-corrected chi connectivity index (χ0v) is 10.5. The van der Waals surface area contributed by atoms with Crippen molar-refractivity contribution in [3.63, 3.8) is 0 Å². The van der Waals surface area contributed by atoms with E-state index in [0.29, 0.717) is 16.3 Å². The van der Waals surface area contributed by atoms with Crippen LogP contribution in [0.25, 0.3) is 5.03 Å². The number of rotatable bonds is 4. The van der Waals surface area contributed by atoms with Gasteiger partial charge >= 0.3 is 0 Å². The van der Waals surface area contributed by atoms with Gasteiger partial charge in [0.25, 0.3) is 0 Å². The molecular weight excluding hydrogens is 248 g/mol. The first kappa shape index (κ1) is 12.5. The van der Waals surface area contributed by atoms with Crippen molar-refractivity contribution in [2.45, 2.75) is 6.54 Å². The van der Waals surface area contributed by atoms with Crippen molar-refractivity contribution in [3.8, 4) is 0 Å². The summed E-state index contributed by atoms with van der Waals surface area (Å²) in [6.45, 7) is 3.86. The van der Waals surface area contributed by atoms with Gasteiger partial charge in [-0.15, -0.1) is 0 Å². The smallest absolute Gasteiger partial charge is 0.227 e. The molecule has 1 aromatic heterocycles. The predicted molar refractivity (Wildman–Crippen MR) is 70.1 cm³/mol. The molecule has 0 N–H and O–H groups in total. The quantitative estimate of drug-likeness (QED) is 0.624. The van der Waals surface area contributed by atoms with Crippen LogP contribution in [-0.4, -0.2) is 10.8 Å². The highest BCUT2D eigenvalue weighted by molar-refractivity contribution is 6.47. The number of hydrogen-bond acceptors (Lipinski definition) is 2. The van der Waals surface area contributed by atoms with Crippen LogP contribution < -0.4 is 4.57 Å². The average Bonchev–Trinajstić information content (AvgIpc) is 2.40. The second-order valence-electron chi connectivity index (χ2n) is 3.81. The van der Waals surface area contributed by atoms with E-state index in [-0.39, 0.29) is 12.3 Å². The fourth-order valence-corrected chi connectivity index (χ4v) is 1.65. The third-order valence-electron chi connectivity index (χ3n) is 2.46. The van der Waals surface area contributed by atoms with Crippen LogP contribution in [0.2, 0.25) is 0 Å². The summed E-state index contributed by atoms with van der Waals surface area (Å²) in [6.07, 6.45) is 5.03. The molecular formula is C14H12ClN2O+. The molecule has 0 bridgehead atoms. The molecule has 1 heterocycles. The highest BCUT2D eigenvalue weighted by Crippen LogP contribution is 2.10. The summed E-state index contributed by atoms with van der Waals surface area (Å²) in [5.74, 6) is 0.0398. The van der Waals surface area contributed by atoms with E-state index in [1.54, 1.807) is 35.3 Å². The van der Waals surface area contributed by atoms with Crippen LogP contribution in [0, 0.1) is 0 Å². The Balaban J connectivity index is 2.17. The molecule has 0 saturated heterocycles. The molecule has 0 aliphatic heterocycles. The molecule has 0 saturated carbocycles. The van der Waals surface area contributed by atoms with Crippen LogP contribution in [0.5, 0.6) is 0 Å². The molecule has 0 amide bonds. The second kappa shape index (κ2) is 5.56. The summed E-state index contributed by atoms with van der Waals surface area (Å²) in [5.41, 5.74) is 1.26. The van der Waals surface area contributed by atoms with Crippen molar-refractivity contribution >= 4 is 22.4 Å². The normalized spacial score (nSPS) is 10.1. The highest BCUT2D eigenvalue weighted by Gasteiger charge is 2.13. The van der Waals surface area contributed by atoms with Crippen molar-refractivity contribution in [1.82, 2.24) is 4.98 Å². The van der Waals surface area contributed by atoms with Gasteiger partial charge in [-0.25, -0.2) is 4.98 Å². The van der Waals surface area contributed by atoms with Crippen LogP contribution >= 0.6 is 11.6 Å². The number of Topliss-reactive ketones (excluding diaryl/α,β-unsaturated/α-hetero) is 1. The SMILES string of the molecule is C=C(Cl)c1c[n+](CC(=O)c2ccccc2)ccn1. The number of nitrogens with zero attached hydrogens (tertiary/aromatic N) is 2. The summed E-state index contributed by atoms with van der Waals surface area (Å²) < 4.78 is 1.74. The Labute approximate surface area is 110 Å². The minimum absolute atomic E-state index is 0.0398. The molecule has 0 aliphatic carbocycles. The number of benzene rings is 1. The van der Waals surface area contributed by atoms with E-state index < -0.39 is 0 Å². The van der Waals surface area contributed by atoms with Gasteiger partial charge in [0.2, 0.25) is 12.3 Å². The van der Waals surface area contributed by atoms with Crippen molar-refractivity contribution in [2.75, 3.05) is 0 Å². The summed E-state index contributed by atoms with van der Waals surface area (Å²) in [4.78, 5) is 16.1. The minimum Gasteiger partial charge on any atom is -0.287 e. The maximum Gasteiger partial charge on any atom is 0.227 e. The molecule has 18 heavy (non-hydrogen) atoms. The third-order valence-corrected chi connectivity index (χ3v) is 2.65. The number of ketones is 1. The fourth-order valence-electron chi connectivity index (χ4n) is 1.55. The lowest BCUT2D eigenvalue weighted by Crippen LogP contribution is -2.37. The Bertz CT molecular complexity index is 581. The summed E-state index contributed by atoms with van der Waals surface area (Å²) >= 11 is 5.77. The molecule has 3 nitrogen and oxygen atoms in total. The predicted octanol–water partition coefficient (Wildman–Crippen LogP) is 2.46. The van der Waals surface area contributed by atoms with Crippen LogP contribution in [0.3, 0.4) is 0 Å². The van der Waals surface area contributed by atoms with Crippen LogP contribution in [0.15, 0.2) is 55.5 Å². The zero-order valence-electron chi connectivity index (χ0n) is 9.71. The second-order valence-corrected chi connectivity index (χ2v) is 4.26. The van der Waals surface area contributed by atoms with Crippen molar-refractivity contribution in [1.29, 1.82) is 0 Å². The fraction of sp³-hybridized carbons (Fsp3) is 0.0714. The summed E-state index contributed by atoms with van der Waals surface area (Å²) in [7, 11) is 0. The minimum atomic E-state index is 0.0398. The lowest BCUT2D eigenvalue weighted by molar-refractivity contribution is -0.683. The first-order valence-electron chi connectivity index (χ1n) is 5.45. The van der Waals surface area contributed by atoms with Gasteiger partial charge in [-0.2, -0.15) is 4.57 Å². The highest BCUT2D eigenvalue weighted by atomic mass is 35.5. The van der Waals surface area contributed by atoms with Crippen LogP contribution in [-0.2, 0) is 6.54 Å². The number of carbonyl (C=O) groups excluding carboxylic acids is 1. The zero-order chi connectivity index (χ0) is 13.0. The van der Waals surface area contributed by atoms with E-state index in [4.69, 9.17) is 11.6 Å². The Kier molecular flexibility index (Phi) is 3.85. The number of aromatic nitrogens is 2. The van der Waals surface area contributed by atoms with E-state index in [1.165, 1.54) is 0 Å². The largest absolute Gasteiger partial charge is 0.287 e. The van der Waals surface area contributed by atoms with Gasteiger partial charge in [-0.3, -0.25) is 4.79 Å². The van der Waals surface area contributed by atoms with Crippen LogP contribution in [0.1, 0.15) is 16.1 Å². The first-order chi connectivity index (χ1) is 8.66. The molecule has 0 atom stereocenters.